The van der Waals surface area contributed by atoms with Crippen molar-refractivity contribution in [2.75, 3.05) is 19.0 Å². The third kappa shape index (κ3) is 3.95. The zero-order valence-electron chi connectivity index (χ0n) is 16.9. The topological polar surface area (TPSA) is 93.5 Å². The van der Waals surface area contributed by atoms with Crippen LogP contribution in [0.25, 0.3) is 11.3 Å². The van der Waals surface area contributed by atoms with Gasteiger partial charge in [-0.3, -0.25) is 9.59 Å². The van der Waals surface area contributed by atoms with Crippen LogP contribution in [-0.2, 0) is 12.8 Å². The van der Waals surface area contributed by atoms with E-state index in [1.165, 1.54) is 16.2 Å². The summed E-state index contributed by atoms with van der Waals surface area (Å²) in [5.74, 6) is 0.668. The number of anilines is 1. The Labute approximate surface area is 178 Å². The van der Waals surface area contributed by atoms with Gasteiger partial charge in [-0.25, -0.2) is 0 Å². The zero-order chi connectivity index (χ0) is 21.1. The van der Waals surface area contributed by atoms with Crippen LogP contribution in [0.3, 0.4) is 0 Å². The molecule has 0 unspecified atom stereocenters. The van der Waals surface area contributed by atoms with Crippen LogP contribution < -0.4 is 15.4 Å². The number of aryl methyl sites for hydroxylation is 1. The van der Waals surface area contributed by atoms with Crippen molar-refractivity contribution in [3.8, 4) is 17.1 Å². The van der Waals surface area contributed by atoms with Crippen molar-refractivity contribution in [3.05, 3.63) is 52.0 Å². The van der Waals surface area contributed by atoms with E-state index in [0.29, 0.717) is 22.9 Å². The van der Waals surface area contributed by atoms with Crippen molar-refractivity contribution >= 4 is 28.2 Å². The van der Waals surface area contributed by atoms with Crippen LogP contribution in [0.2, 0.25) is 0 Å². The Bertz CT molecular complexity index is 1070. The largest absolute Gasteiger partial charge is 0.497 e. The van der Waals surface area contributed by atoms with E-state index in [-0.39, 0.29) is 11.6 Å². The highest BCUT2D eigenvalue weighted by atomic mass is 32.1. The molecule has 4 rings (SSSR count). The molecule has 3 aromatic rings. The molecular formula is C22H23N3O4S. The Hall–Kier alpha value is -3.13. The van der Waals surface area contributed by atoms with Gasteiger partial charge in [0.25, 0.3) is 11.8 Å². The SMILES string of the molecule is CCNC(=O)c1c(NC(=O)c2cc(-c3ccc(OC)cc3)on2)sc2c1CCCC2. The second kappa shape index (κ2) is 8.71. The van der Waals surface area contributed by atoms with Crippen molar-refractivity contribution in [1.82, 2.24) is 10.5 Å². The quantitative estimate of drug-likeness (QED) is 0.614. The Morgan fingerprint density at radius 3 is 2.67 bits per heavy atom. The van der Waals surface area contributed by atoms with Gasteiger partial charge in [-0.05, 0) is 62.4 Å². The molecule has 0 saturated heterocycles. The molecule has 0 aliphatic heterocycles. The molecule has 7 nitrogen and oxygen atoms in total. The van der Waals surface area contributed by atoms with Gasteiger partial charge in [0.15, 0.2) is 11.5 Å². The average molecular weight is 426 g/mol. The van der Waals surface area contributed by atoms with E-state index in [4.69, 9.17) is 9.26 Å². The lowest BCUT2D eigenvalue weighted by molar-refractivity contribution is 0.0956. The highest BCUT2D eigenvalue weighted by Crippen LogP contribution is 2.38. The van der Waals surface area contributed by atoms with E-state index >= 15 is 0 Å². The predicted octanol–water partition coefficient (Wildman–Crippen LogP) is 4.29. The average Bonchev–Trinajstić information content (AvgIpc) is 3.39. The third-order valence-electron chi connectivity index (χ3n) is 5.08. The summed E-state index contributed by atoms with van der Waals surface area (Å²) in [6.45, 7) is 2.41. The minimum absolute atomic E-state index is 0.147. The summed E-state index contributed by atoms with van der Waals surface area (Å²) in [5.41, 5.74) is 2.60. The molecule has 0 fully saturated rings. The van der Waals surface area contributed by atoms with Gasteiger partial charge in [0.1, 0.15) is 10.8 Å². The molecule has 0 radical (unpaired) electrons. The number of methoxy groups -OCH3 is 1. The number of fused-ring (bicyclic) bond motifs is 1. The Kier molecular flexibility index (Phi) is 5.85. The first-order valence-corrected chi connectivity index (χ1v) is 10.8. The van der Waals surface area contributed by atoms with E-state index in [9.17, 15) is 9.59 Å². The predicted molar refractivity (Wildman–Crippen MR) is 115 cm³/mol. The first-order valence-electron chi connectivity index (χ1n) is 9.96. The number of ether oxygens (including phenoxy) is 1. The molecule has 1 aliphatic rings. The van der Waals surface area contributed by atoms with Gasteiger partial charge in [-0.2, -0.15) is 0 Å². The van der Waals surface area contributed by atoms with Gasteiger partial charge in [-0.1, -0.05) is 5.16 Å². The van der Waals surface area contributed by atoms with Crippen LogP contribution in [0.1, 0.15) is 51.1 Å². The number of amides is 2. The standard InChI is InChI=1S/C22H23N3O4S/c1-3-23-21(27)19-15-6-4-5-7-18(15)30-22(19)24-20(26)16-12-17(29-25-16)13-8-10-14(28-2)11-9-13/h8-12H,3-7H2,1-2H3,(H,23,27)(H,24,26). The third-order valence-corrected chi connectivity index (χ3v) is 6.29. The number of rotatable bonds is 6. The fourth-order valence-electron chi connectivity index (χ4n) is 3.58. The maximum atomic E-state index is 12.8. The number of carbonyl (C=O) groups excluding carboxylic acids is 2. The number of hydrogen-bond acceptors (Lipinski definition) is 6. The van der Waals surface area contributed by atoms with Crippen LogP contribution >= 0.6 is 11.3 Å². The van der Waals surface area contributed by atoms with Gasteiger partial charge < -0.3 is 19.9 Å². The molecule has 2 aromatic heterocycles. The van der Waals surface area contributed by atoms with Crippen LogP contribution in [0, 0.1) is 0 Å². The van der Waals surface area contributed by atoms with E-state index < -0.39 is 5.91 Å². The lowest BCUT2D eigenvalue weighted by Crippen LogP contribution is -2.25. The summed E-state index contributed by atoms with van der Waals surface area (Å²) in [6.07, 6.45) is 3.95. The molecule has 0 saturated carbocycles. The first kappa shape index (κ1) is 20.2. The van der Waals surface area contributed by atoms with E-state index in [1.54, 1.807) is 13.2 Å². The van der Waals surface area contributed by atoms with Crippen LogP contribution in [0.15, 0.2) is 34.9 Å². The summed E-state index contributed by atoms with van der Waals surface area (Å²) in [7, 11) is 1.60. The lowest BCUT2D eigenvalue weighted by atomic mass is 9.95. The van der Waals surface area contributed by atoms with E-state index in [0.717, 1.165) is 42.6 Å². The highest BCUT2D eigenvalue weighted by Gasteiger charge is 2.27. The summed E-state index contributed by atoms with van der Waals surface area (Å²) >= 11 is 1.48. The fourth-order valence-corrected chi connectivity index (χ4v) is 4.87. The molecule has 1 aromatic carbocycles. The van der Waals surface area contributed by atoms with Crippen LogP contribution in [0.5, 0.6) is 5.75 Å². The smallest absolute Gasteiger partial charge is 0.278 e. The van der Waals surface area contributed by atoms with E-state index in [1.807, 2.05) is 31.2 Å². The number of hydrogen-bond donors (Lipinski definition) is 2. The maximum Gasteiger partial charge on any atom is 0.278 e. The Balaban J connectivity index is 1.57. The summed E-state index contributed by atoms with van der Waals surface area (Å²) in [4.78, 5) is 26.7. The number of nitrogens with zero attached hydrogens (tertiary/aromatic N) is 1. The molecule has 0 atom stereocenters. The Morgan fingerprint density at radius 2 is 1.93 bits per heavy atom. The van der Waals surface area contributed by atoms with Gasteiger partial charge >= 0.3 is 0 Å². The molecular weight excluding hydrogens is 402 g/mol. The minimum Gasteiger partial charge on any atom is -0.497 e. The van der Waals surface area contributed by atoms with Crippen molar-refractivity contribution in [2.45, 2.75) is 32.6 Å². The first-order chi connectivity index (χ1) is 14.6. The van der Waals surface area contributed by atoms with E-state index in [2.05, 4.69) is 15.8 Å². The minimum atomic E-state index is -0.400. The Morgan fingerprint density at radius 1 is 1.17 bits per heavy atom. The molecule has 8 heteroatoms. The van der Waals surface area contributed by atoms with Crippen LogP contribution in [-0.4, -0.2) is 30.6 Å². The molecule has 30 heavy (non-hydrogen) atoms. The lowest BCUT2D eigenvalue weighted by Gasteiger charge is -2.12. The molecule has 156 valence electrons. The molecule has 0 bridgehead atoms. The maximum absolute atomic E-state index is 12.8. The number of carbonyl (C=O) groups is 2. The second-order valence-electron chi connectivity index (χ2n) is 7.03. The zero-order valence-corrected chi connectivity index (χ0v) is 17.7. The highest BCUT2D eigenvalue weighted by molar-refractivity contribution is 7.17. The van der Waals surface area contributed by atoms with Gasteiger partial charge in [-0.15, -0.1) is 11.3 Å². The summed E-state index contributed by atoms with van der Waals surface area (Å²) in [6, 6.07) is 8.89. The monoisotopic (exact) mass is 425 g/mol. The summed E-state index contributed by atoms with van der Waals surface area (Å²) in [5, 5.41) is 10.2. The van der Waals surface area contributed by atoms with Crippen molar-refractivity contribution in [1.29, 1.82) is 0 Å². The number of aromatic nitrogens is 1. The number of thiophene rings is 1. The van der Waals surface area contributed by atoms with Gasteiger partial charge in [0, 0.05) is 23.1 Å². The normalized spacial score (nSPS) is 12.9. The van der Waals surface area contributed by atoms with Gasteiger partial charge in [0.2, 0.25) is 0 Å². The number of nitrogens with one attached hydrogen (secondary N) is 2. The van der Waals surface area contributed by atoms with Crippen molar-refractivity contribution in [3.63, 3.8) is 0 Å². The van der Waals surface area contributed by atoms with Crippen molar-refractivity contribution < 1.29 is 18.8 Å². The molecule has 0 spiro atoms. The molecule has 2 heterocycles. The second-order valence-corrected chi connectivity index (χ2v) is 8.14. The number of benzene rings is 1. The summed E-state index contributed by atoms with van der Waals surface area (Å²) < 4.78 is 10.5. The van der Waals surface area contributed by atoms with Crippen molar-refractivity contribution in [2.24, 2.45) is 0 Å². The molecule has 2 N–H and O–H groups in total. The van der Waals surface area contributed by atoms with Gasteiger partial charge in [0.05, 0.1) is 12.7 Å². The molecule has 1 aliphatic carbocycles. The fraction of sp³-hybridized carbons (Fsp3) is 0.318. The van der Waals surface area contributed by atoms with Crippen LogP contribution in [0.4, 0.5) is 5.00 Å². The molecule has 2 amide bonds.